The molecule has 1 aromatic carbocycles. The van der Waals surface area contributed by atoms with Gasteiger partial charge in [0.05, 0.1) is 19.9 Å². The average Bonchev–Trinajstić information content (AvgIpc) is 3.12. The number of likely N-dealkylation sites (tertiary alicyclic amines) is 1. The first kappa shape index (κ1) is 16.8. The van der Waals surface area contributed by atoms with Crippen LogP contribution in [-0.4, -0.2) is 52.4 Å². The van der Waals surface area contributed by atoms with Crippen molar-refractivity contribution in [2.24, 2.45) is 0 Å². The predicted molar refractivity (Wildman–Crippen MR) is 98.5 cm³/mol. The molecular weight excluding hydrogens is 330 g/mol. The third kappa shape index (κ3) is 3.10. The molecule has 1 atom stereocenters. The second-order valence-corrected chi connectivity index (χ2v) is 6.59. The summed E-state index contributed by atoms with van der Waals surface area (Å²) in [6.07, 6.45) is 5.66. The SMILES string of the molecule is COc1cccc(CN2CCCC(c3[nH]nc4nccnc34)C2)c1OC. The molecular formula is C19H23N5O2. The maximum Gasteiger partial charge on any atom is 0.199 e. The highest BCUT2D eigenvalue weighted by atomic mass is 16.5. The molecule has 1 unspecified atom stereocenters. The van der Waals surface area contributed by atoms with E-state index in [0.29, 0.717) is 11.6 Å². The first-order chi connectivity index (χ1) is 12.8. The number of aromatic nitrogens is 4. The minimum Gasteiger partial charge on any atom is -0.493 e. The molecule has 1 N–H and O–H groups in total. The van der Waals surface area contributed by atoms with Gasteiger partial charge in [-0.1, -0.05) is 12.1 Å². The van der Waals surface area contributed by atoms with Crippen LogP contribution in [0.2, 0.25) is 0 Å². The fraction of sp³-hybridized carbons (Fsp3) is 0.421. The quantitative estimate of drug-likeness (QED) is 0.760. The van der Waals surface area contributed by atoms with E-state index >= 15 is 0 Å². The Morgan fingerprint density at radius 3 is 2.92 bits per heavy atom. The van der Waals surface area contributed by atoms with Gasteiger partial charge in [0.25, 0.3) is 0 Å². The molecule has 0 aliphatic carbocycles. The van der Waals surface area contributed by atoms with Gasteiger partial charge in [0.2, 0.25) is 0 Å². The molecule has 0 saturated carbocycles. The van der Waals surface area contributed by atoms with E-state index in [1.807, 2.05) is 12.1 Å². The maximum atomic E-state index is 5.58. The van der Waals surface area contributed by atoms with Crippen LogP contribution in [0.5, 0.6) is 11.5 Å². The fourth-order valence-corrected chi connectivity index (χ4v) is 3.81. The molecule has 1 aliphatic rings. The number of H-pyrrole nitrogens is 1. The highest BCUT2D eigenvalue weighted by molar-refractivity contribution is 5.72. The number of piperidine rings is 1. The summed E-state index contributed by atoms with van der Waals surface area (Å²) in [7, 11) is 3.36. The van der Waals surface area contributed by atoms with Crippen molar-refractivity contribution >= 4 is 11.2 Å². The van der Waals surface area contributed by atoms with Crippen LogP contribution in [0.25, 0.3) is 11.2 Å². The summed E-state index contributed by atoms with van der Waals surface area (Å²) in [5.74, 6) is 1.96. The van der Waals surface area contributed by atoms with Crippen LogP contribution in [0.1, 0.15) is 30.0 Å². The minimum atomic E-state index is 0.377. The van der Waals surface area contributed by atoms with Gasteiger partial charge < -0.3 is 9.47 Å². The summed E-state index contributed by atoms with van der Waals surface area (Å²) in [6.45, 7) is 2.84. The molecule has 4 rings (SSSR count). The molecule has 1 saturated heterocycles. The Bertz CT molecular complexity index is 895. The largest absolute Gasteiger partial charge is 0.493 e. The second kappa shape index (κ2) is 7.29. The molecule has 7 heteroatoms. The molecule has 3 heterocycles. The number of rotatable bonds is 5. The van der Waals surface area contributed by atoms with E-state index in [1.54, 1.807) is 26.6 Å². The molecule has 0 spiro atoms. The van der Waals surface area contributed by atoms with E-state index in [1.165, 1.54) is 0 Å². The van der Waals surface area contributed by atoms with Crippen LogP contribution in [0.15, 0.2) is 30.6 Å². The molecule has 26 heavy (non-hydrogen) atoms. The number of benzene rings is 1. The lowest BCUT2D eigenvalue weighted by atomic mass is 9.94. The van der Waals surface area contributed by atoms with Crippen molar-refractivity contribution in [3.8, 4) is 11.5 Å². The zero-order valence-electron chi connectivity index (χ0n) is 15.1. The second-order valence-electron chi connectivity index (χ2n) is 6.59. The molecule has 7 nitrogen and oxygen atoms in total. The Hall–Kier alpha value is -2.67. The smallest absolute Gasteiger partial charge is 0.199 e. The molecule has 0 bridgehead atoms. The van der Waals surface area contributed by atoms with Gasteiger partial charge >= 0.3 is 0 Å². The van der Waals surface area contributed by atoms with Crippen LogP contribution in [-0.2, 0) is 6.54 Å². The van der Waals surface area contributed by atoms with Crippen LogP contribution in [0.3, 0.4) is 0 Å². The van der Waals surface area contributed by atoms with E-state index in [0.717, 1.165) is 60.7 Å². The number of nitrogens with one attached hydrogen (secondary N) is 1. The lowest BCUT2D eigenvalue weighted by Gasteiger charge is -2.32. The molecule has 0 radical (unpaired) electrons. The highest BCUT2D eigenvalue weighted by Gasteiger charge is 2.26. The number of aromatic amines is 1. The number of para-hydroxylation sites is 1. The molecule has 1 aliphatic heterocycles. The minimum absolute atomic E-state index is 0.377. The van der Waals surface area contributed by atoms with Gasteiger partial charge in [-0.15, -0.1) is 0 Å². The van der Waals surface area contributed by atoms with E-state index < -0.39 is 0 Å². The van der Waals surface area contributed by atoms with Gasteiger partial charge in [0.1, 0.15) is 5.52 Å². The number of hydrogen-bond acceptors (Lipinski definition) is 6. The normalized spacial score (nSPS) is 18.2. The fourth-order valence-electron chi connectivity index (χ4n) is 3.81. The Balaban J connectivity index is 1.54. The number of hydrogen-bond donors (Lipinski definition) is 1. The van der Waals surface area contributed by atoms with Gasteiger partial charge in [-0.3, -0.25) is 10.00 Å². The zero-order valence-corrected chi connectivity index (χ0v) is 15.1. The summed E-state index contributed by atoms with van der Waals surface area (Å²) in [6, 6.07) is 6.04. The zero-order chi connectivity index (χ0) is 17.9. The number of fused-ring (bicyclic) bond motifs is 1. The van der Waals surface area contributed by atoms with Crippen LogP contribution in [0, 0.1) is 0 Å². The van der Waals surface area contributed by atoms with Crippen LogP contribution >= 0.6 is 0 Å². The lowest BCUT2D eigenvalue weighted by molar-refractivity contribution is 0.196. The van der Waals surface area contributed by atoms with Crippen molar-refractivity contribution in [1.29, 1.82) is 0 Å². The number of ether oxygens (including phenoxy) is 2. The van der Waals surface area contributed by atoms with Crippen molar-refractivity contribution in [3.05, 3.63) is 41.9 Å². The molecule has 2 aromatic heterocycles. The van der Waals surface area contributed by atoms with Gasteiger partial charge in [-0.25, -0.2) is 9.97 Å². The third-order valence-corrected chi connectivity index (χ3v) is 5.01. The Kier molecular flexibility index (Phi) is 4.71. The van der Waals surface area contributed by atoms with Gasteiger partial charge in [0.15, 0.2) is 17.1 Å². The van der Waals surface area contributed by atoms with E-state index in [4.69, 9.17) is 9.47 Å². The Morgan fingerprint density at radius 1 is 1.19 bits per heavy atom. The average molecular weight is 353 g/mol. The van der Waals surface area contributed by atoms with Crippen molar-refractivity contribution in [2.45, 2.75) is 25.3 Å². The Morgan fingerprint density at radius 2 is 2.08 bits per heavy atom. The van der Waals surface area contributed by atoms with Gasteiger partial charge in [0, 0.05) is 37.0 Å². The summed E-state index contributed by atoms with van der Waals surface area (Å²) >= 11 is 0. The molecule has 136 valence electrons. The topological polar surface area (TPSA) is 76.2 Å². The molecule has 1 fully saturated rings. The van der Waals surface area contributed by atoms with Crippen molar-refractivity contribution in [1.82, 2.24) is 25.1 Å². The van der Waals surface area contributed by atoms with Gasteiger partial charge in [-0.2, -0.15) is 5.10 Å². The summed E-state index contributed by atoms with van der Waals surface area (Å²) < 4.78 is 11.0. The summed E-state index contributed by atoms with van der Waals surface area (Å²) in [4.78, 5) is 11.2. The maximum absolute atomic E-state index is 5.58. The van der Waals surface area contributed by atoms with Crippen LogP contribution in [0.4, 0.5) is 0 Å². The van der Waals surface area contributed by atoms with E-state index in [-0.39, 0.29) is 0 Å². The lowest BCUT2D eigenvalue weighted by Crippen LogP contribution is -2.34. The molecule has 3 aromatic rings. The number of methoxy groups -OCH3 is 2. The van der Waals surface area contributed by atoms with E-state index in [9.17, 15) is 0 Å². The molecule has 0 amide bonds. The standard InChI is InChI=1S/C19H23N5O2/c1-25-15-7-3-5-14(18(15)26-2)12-24-10-4-6-13(11-24)16-17-19(23-22-16)21-9-8-20-17/h3,5,7-9,13H,4,6,10-12H2,1-2H3,(H,21,22,23). The highest BCUT2D eigenvalue weighted by Crippen LogP contribution is 2.34. The van der Waals surface area contributed by atoms with Crippen molar-refractivity contribution in [3.63, 3.8) is 0 Å². The van der Waals surface area contributed by atoms with Gasteiger partial charge in [-0.05, 0) is 25.5 Å². The van der Waals surface area contributed by atoms with Crippen molar-refractivity contribution in [2.75, 3.05) is 27.3 Å². The summed E-state index contributed by atoms with van der Waals surface area (Å²) in [5.41, 5.74) is 3.81. The first-order valence-electron chi connectivity index (χ1n) is 8.87. The third-order valence-electron chi connectivity index (χ3n) is 5.01. The number of nitrogens with zero attached hydrogens (tertiary/aromatic N) is 4. The van der Waals surface area contributed by atoms with E-state index in [2.05, 4.69) is 31.1 Å². The monoisotopic (exact) mass is 353 g/mol. The first-order valence-corrected chi connectivity index (χ1v) is 8.87. The van der Waals surface area contributed by atoms with Crippen molar-refractivity contribution < 1.29 is 9.47 Å². The Labute approximate surface area is 152 Å². The predicted octanol–water partition coefficient (Wildman–Crippen LogP) is 2.75. The van der Waals surface area contributed by atoms with Crippen LogP contribution < -0.4 is 9.47 Å². The summed E-state index contributed by atoms with van der Waals surface area (Å²) in [5, 5.41) is 7.46.